The Kier molecular flexibility index (Phi) is 3.58. The molecule has 6 heteroatoms. The average Bonchev–Trinajstić information content (AvgIpc) is 3.36. The Balaban J connectivity index is 1.54. The number of aromatic nitrogens is 4. The molecule has 0 spiro atoms. The van der Waals surface area contributed by atoms with Crippen LogP contribution in [-0.4, -0.2) is 26.7 Å². The van der Waals surface area contributed by atoms with E-state index in [9.17, 15) is 0 Å². The summed E-state index contributed by atoms with van der Waals surface area (Å²) in [5.74, 6) is 0.908. The van der Waals surface area contributed by atoms with Crippen molar-refractivity contribution >= 4 is 5.69 Å². The molecule has 0 fully saturated rings. The number of hydrogen-bond acceptors (Lipinski definition) is 5. The minimum absolute atomic E-state index is 0.279. The lowest BCUT2D eigenvalue weighted by atomic mass is 9.90. The summed E-state index contributed by atoms with van der Waals surface area (Å²) in [4.78, 5) is 2.42. The minimum Gasteiger partial charge on any atom is -0.360 e. The first kappa shape index (κ1) is 15.5. The third-order valence-electron chi connectivity index (χ3n) is 5.20. The summed E-state index contributed by atoms with van der Waals surface area (Å²) in [6.07, 6.45) is 8.72. The van der Waals surface area contributed by atoms with Gasteiger partial charge in [0.05, 0.1) is 17.7 Å². The first-order valence-electron chi connectivity index (χ1n) is 8.82. The lowest BCUT2D eigenvalue weighted by Gasteiger charge is -2.28. The highest BCUT2D eigenvalue weighted by Gasteiger charge is 2.36. The number of tetrazole rings is 1. The topological polar surface area (TPSA) is 81.5 Å². The Morgan fingerprint density at radius 2 is 1.93 bits per heavy atom. The van der Waals surface area contributed by atoms with Gasteiger partial charge in [0.1, 0.15) is 0 Å². The number of H-pyrrole nitrogens is 1. The fraction of sp³-hybridized carbons (Fsp3) is 0.143. The van der Waals surface area contributed by atoms with Gasteiger partial charge in [-0.15, -0.1) is 10.2 Å². The van der Waals surface area contributed by atoms with E-state index in [1.165, 1.54) is 16.8 Å². The fourth-order valence-corrected chi connectivity index (χ4v) is 3.92. The van der Waals surface area contributed by atoms with Crippen molar-refractivity contribution in [2.45, 2.75) is 18.5 Å². The van der Waals surface area contributed by atoms with Crippen molar-refractivity contribution in [2.24, 2.45) is 0 Å². The Morgan fingerprint density at radius 3 is 2.70 bits per heavy atom. The molecule has 0 saturated heterocycles. The standard InChI is InChI=1S/C21H16N6/c22-12-14-5-7-15(8-6-14)13-27-19-4-2-1-3-17(19)18-11-16(9-10-20(18)27)21-23-25-26-24-21/h1-11,17,19H,13H2,(H,23,24,25,26). The van der Waals surface area contributed by atoms with Gasteiger partial charge in [-0.2, -0.15) is 10.5 Å². The van der Waals surface area contributed by atoms with Crippen molar-refractivity contribution in [3.8, 4) is 17.5 Å². The SMILES string of the molecule is N#Cc1ccc(CN2c3ccc(-c4nn[nH]n4)cc3C3C=CC=CC32)cc1. The number of fused-ring (bicyclic) bond motifs is 3. The Hall–Kier alpha value is -3.72. The number of hydrogen-bond donors (Lipinski definition) is 1. The lowest BCUT2D eigenvalue weighted by molar-refractivity contribution is 0.672. The number of benzene rings is 2. The van der Waals surface area contributed by atoms with Crippen LogP contribution in [0.15, 0.2) is 66.8 Å². The molecule has 1 aromatic heterocycles. The second kappa shape index (κ2) is 6.22. The monoisotopic (exact) mass is 352 g/mol. The van der Waals surface area contributed by atoms with Crippen molar-refractivity contribution in [1.82, 2.24) is 20.6 Å². The predicted molar refractivity (Wildman–Crippen MR) is 102 cm³/mol. The van der Waals surface area contributed by atoms with Gasteiger partial charge < -0.3 is 4.90 Å². The molecule has 1 aliphatic heterocycles. The molecule has 130 valence electrons. The number of nitrogens with one attached hydrogen (secondary N) is 1. The maximum Gasteiger partial charge on any atom is 0.204 e. The first-order chi connectivity index (χ1) is 13.3. The van der Waals surface area contributed by atoms with E-state index in [4.69, 9.17) is 5.26 Å². The van der Waals surface area contributed by atoms with Crippen LogP contribution in [0.3, 0.4) is 0 Å². The fourth-order valence-electron chi connectivity index (χ4n) is 3.92. The van der Waals surface area contributed by atoms with Gasteiger partial charge in [0.2, 0.25) is 5.82 Å². The number of rotatable bonds is 3. The van der Waals surface area contributed by atoms with Crippen LogP contribution in [0.1, 0.15) is 22.6 Å². The van der Waals surface area contributed by atoms with Crippen molar-refractivity contribution in [1.29, 1.82) is 5.26 Å². The van der Waals surface area contributed by atoms with E-state index in [2.05, 4.69) is 68.0 Å². The van der Waals surface area contributed by atoms with Crippen molar-refractivity contribution < 1.29 is 0 Å². The van der Waals surface area contributed by atoms with Crippen molar-refractivity contribution in [3.63, 3.8) is 0 Å². The second-order valence-corrected chi connectivity index (χ2v) is 6.73. The normalized spacial score (nSPS) is 19.6. The highest BCUT2D eigenvalue weighted by molar-refractivity contribution is 5.71. The van der Waals surface area contributed by atoms with Crippen LogP contribution in [-0.2, 0) is 6.54 Å². The Labute approximate surface area is 156 Å². The molecule has 2 unspecified atom stereocenters. The van der Waals surface area contributed by atoms with Gasteiger partial charge in [-0.05, 0) is 46.7 Å². The van der Waals surface area contributed by atoms with Gasteiger partial charge in [-0.1, -0.05) is 36.4 Å². The van der Waals surface area contributed by atoms with Crippen LogP contribution in [0.2, 0.25) is 0 Å². The number of nitriles is 1. The smallest absolute Gasteiger partial charge is 0.204 e. The predicted octanol–water partition coefficient (Wildman–Crippen LogP) is 3.34. The highest BCUT2D eigenvalue weighted by atomic mass is 15.5. The van der Waals surface area contributed by atoms with Gasteiger partial charge in [-0.3, -0.25) is 0 Å². The van der Waals surface area contributed by atoms with Gasteiger partial charge in [0.15, 0.2) is 0 Å². The second-order valence-electron chi connectivity index (χ2n) is 6.73. The number of aromatic amines is 1. The number of allylic oxidation sites excluding steroid dienone is 2. The van der Waals surface area contributed by atoms with Crippen LogP contribution >= 0.6 is 0 Å². The van der Waals surface area contributed by atoms with Crippen molar-refractivity contribution in [2.75, 3.05) is 4.90 Å². The van der Waals surface area contributed by atoms with E-state index in [-0.39, 0.29) is 6.04 Å². The Bertz CT molecular complexity index is 1070. The highest BCUT2D eigenvalue weighted by Crippen LogP contribution is 2.45. The summed E-state index contributed by atoms with van der Waals surface area (Å²) < 4.78 is 0. The molecule has 2 atom stereocenters. The van der Waals surface area contributed by atoms with Crippen LogP contribution in [0, 0.1) is 11.3 Å². The zero-order valence-electron chi connectivity index (χ0n) is 14.4. The van der Waals surface area contributed by atoms with E-state index in [1.807, 2.05) is 30.3 Å². The molecule has 1 N–H and O–H groups in total. The molecule has 0 amide bonds. The average molecular weight is 352 g/mol. The molecule has 3 aromatic rings. The summed E-state index contributed by atoms with van der Waals surface area (Å²) in [6.45, 7) is 0.791. The van der Waals surface area contributed by atoms with Gasteiger partial charge in [-0.25, -0.2) is 0 Å². The molecule has 2 heterocycles. The Morgan fingerprint density at radius 1 is 1.07 bits per heavy atom. The zero-order chi connectivity index (χ0) is 18.2. The largest absolute Gasteiger partial charge is 0.360 e. The van der Waals surface area contributed by atoms with Crippen LogP contribution in [0.5, 0.6) is 0 Å². The summed E-state index contributed by atoms with van der Waals surface area (Å²) in [7, 11) is 0. The molecule has 1 aliphatic carbocycles. The quantitative estimate of drug-likeness (QED) is 0.782. The van der Waals surface area contributed by atoms with Crippen molar-refractivity contribution in [3.05, 3.63) is 83.5 Å². The lowest BCUT2D eigenvalue weighted by Crippen LogP contribution is -2.32. The van der Waals surface area contributed by atoms with E-state index < -0.39 is 0 Å². The number of anilines is 1. The van der Waals surface area contributed by atoms with Crippen LogP contribution < -0.4 is 4.90 Å². The number of nitrogens with zero attached hydrogens (tertiary/aromatic N) is 5. The summed E-state index contributed by atoms with van der Waals surface area (Å²) in [5, 5.41) is 23.4. The molecular weight excluding hydrogens is 336 g/mol. The molecule has 6 nitrogen and oxygen atoms in total. The molecule has 2 aliphatic rings. The van der Waals surface area contributed by atoms with E-state index in [1.54, 1.807) is 0 Å². The molecule has 0 bridgehead atoms. The summed E-state index contributed by atoms with van der Waals surface area (Å²) in [6, 6.07) is 16.6. The van der Waals surface area contributed by atoms with Gasteiger partial charge >= 0.3 is 0 Å². The summed E-state index contributed by atoms with van der Waals surface area (Å²) >= 11 is 0. The van der Waals surface area contributed by atoms with E-state index >= 15 is 0 Å². The minimum atomic E-state index is 0.279. The maximum absolute atomic E-state index is 9.01. The van der Waals surface area contributed by atoms with Gasteiger partial charge in [0, 0.05) is 23.7 Å². The van der Waals surface area contributed by atoms with Crippen LogP contribution in [0.4, 0.5) is 5.69 Å². The third kappa shape index (κ3) is 2.61. The zero-order valence-corrected chi connectivity index (χ0v) is 14.4. The summed E-state index contributed by atoms with van der Waals surface area (Å²) in [5.41, 5.74) is 5.33. The molecule has 0 radical (unpaired) electrons. The molecule has 5 rings (SSSR count). The maximum atomic E-state index is 9.01. The first-order valence-corrected chi connectivity index (χ1v) is 8.82. The molecule has 0 saturated carbocycles. The molecule has 27 heavy (non-hydrogen) atoms. The molecule has 2 aromatic carbocycles. The van der Waals surface area contributed by atoms with E-state index in [0.717, 1.165) is 12.1 Å². The van der Waals surface area contributed by atoms with E-state index in [0.29, 0.717) is 17.3 Å². The third-order valence-corrected chi connectivity index (χ3v) is 5.20. The molecular formula is C21H16N6. The van der Waals surface area contributed by atoms with Crippen LogP contribution in [0.25, 0.3) is 11.4 Å². The van der Waals surface area contributed by atoms with Gasteiger partial charge in [0.25, 0.3) is 0 Å².